The number of aliphatic imine (C=N–C) groups is 1. The maximum Gasteiger partial charge on any atom is 0.253 e. The number of guanidine groups is 1. The maximum absolute atomic E-state index is 11.9. The summed E-state index contributed by atoms with van der Waals surface area (Å²) in [5.74, 6) is 0.450. The molecule has 0 radical (unpaired) electrons. The van der Waals surface area contributed by atoms with Crippen LogP contribution in [0.1, 0.15) is 12.0 Å². The number of rotatable bonds is 7. The zero-order chi connectivity index (χ0) is 18.1. The first-order chi connectivity index (χ1) is 12.0. The van der Waals surface area contributed by atoms with Crippen LogP contribution in [0.25, 0.3) is 0 Å². The third-order valence-corrected chi connectivity index (χ3v) is 3.16. The fraction of sp³-hybridized carbons (Fsp3) is 0.167. The van der Waals surface area contributed by atoms with Gasteiger partial charge in [0.2, 0.25) is 5.91 Å². The van der Waals surface area contributed by atoms with Crippen molar-refractivity contribution in [2.24, 2.45) is 16.5 Å². The van der Waals surface area contributed by atoms with E-state index in [1.54, 1.807) is 12.1 Å². The Morgan fingerprint density at radius 3 is 2.44 bits per heavy atom. The minimum absolute atomic E-state index is 0.0389. The Morgan fingerprint density at radius 2 is 1.72 bits per heavy atom. The SMILES string of the molecule is NC(=O)CCNC(N)=NC(=O)Cc1cccc(Oc2ccccc2)c1. The minimum Gasteiger partial charge on any atom is -0.457 e. The highest BCUT2D eigenvalue weighted by Gasteiger charge is 2.06. The number of nitrogens with one attached hydrogen (secondary N) is 1. The van der Waals surface area contributed by atoms with Gasteiger partial charge in [-0.2, -0.15) is 4.99 Å². The van der Waals surface area contributed by atoms with E-state index >= 15 is 0 Å². The van der Waals surface area contributed by atoms with Crippen LogP contribution in [0.3, 0.4) is 0 Å². The van der Waals surface area contributed by atoms with Crippen LogP contribution in [0.5, 0.6) is 11.5 Å². The van der Waals surface area contributed by atoms with E-state index in [-0.39, 0.29) is 25.3 Å². The molecule has 0 saturated heterocycles. The van der Waals surface area contributed by atoms with Gasteiger partial charge in [-0.3, -0.25) is 9.59 Å². The summed E-state index contributed by atoms with van der Waals surface area (Å²) in [6.07, 6.45) is 0.202. The molecule has 2 aromatic rings. The first-order valence-corrected chi connectivity index (χ1v) is 7.74. The zero-order valence-corrected chi connectivity index (χ0v) is 13.6. The van der Waals surface area contributed by atoms with Crippen molar-refractivity contribution in [2.75, 3.05) is 6.54 Å². The molecule has 0 bridgehead atoms. The van der Waals surface area contributed by atoms with Gasteiger partial charge in [-0.05, 0) is 29.8 Å². The molecule has 5 N–H and O–H groups in total. The second kappa shape index (κ2) is 9.07. The molecule has 0 saturated carbocycles. The summed E-state index contributed by atoms with van der Waals surface area (Å²) in [7, 11) is 0. The highest BCUT2D eigenvalue weighted by molar-refractivity contribution is 5.93. The van der Waals surface area contributed by atoms with Crippen molar-refractivity contribution in [1.29, 1.82) is 0 Å². The van der Waals surface area contributed by atoms with Crippen LogP contribution in [0.15, 0.2) is 59.6 Å². The molecule has 2 aromatic carbocycles. The molecule has 7 nitrogen and oxygen atoms in total. The summed E-state index contributed by atoms with van der Waals surface area (Å²) in [5.41, 5.74) is 11.4. The Labute approximate surface area is 145 Å². The molecule has 0 fully saturated rings. The predicted molar refractivity (Wildman–Crippen MR) is 95.1 cm³/mol. The fourth-order valence-corrected chi connectivity index (χ4v) is 2.05. The lowest BCUT2D eigenvalue weighted by Gasteiger charge is -2.07. The number of nitrogens with two attached hydrogens (primary N) is 2. The largest absolute Gasteiger partial charge is 0.457 e. The third kappa shape index (κ3) is 6.74. The topological polar surface area (TPSA) is 120 Å². The van der Waals surface area contributed by atoms with E-state index < -0.39 is 11.8 Å². The Balaban J connectivity index is 1.92. The Kier molecular flexibility index (Phi) is 6.53. The Morgan fingerprint density at radius 1 is 1.00 bits per heavy atom. The molecule has 0 aromatic heterocycles. The first-order valence-electron chi connectivity index (χ1n) is 7.74. The lowest BCUT2D eigenvalue weighted by molar-refractivity contribution is -0.118. The van der Waals surface area contributed by atoms with Crippen LogP contribution >= 0.6 is 0 Å². The molecule has 25 heavy (non-hydrogen) atoms. The molecule has 0 unspecified atom stereocenters. The van der Waals surface area contributed by atoms with Crippen LogP contribution in [0.4, 0.5) is 0 Å². The van der Waals surface area contributed by atoms with Gasteiger partial charge in [-0.25, -0.2) is 0 Å². The number of hydrogen-bond donors (Lipinski definition) is 3. The van der Waals surface area contributed by atoms with Crippen molar-refractivity contribution in [1.82, 2.24) is 5.32 Å². The smallest absolute Gasteiger partial charge is 0.253 e. The van der Waals surface area contributed by atoms with Crippen molar-refractivity contribution in [3.63, 3.8) is 0 Å². The molecule has 130 valence electrons. The van der Waals surface area contributed by atoms with Crippen molar-refractivity contribution < 1.29 is 14.3 Å². The highest BCUT2D eigenvalue weighted by atomic mass is 16.5. The summed E-state index contributed by atoms with van der Waals surface area (Å²) in [6.45, 7) is 0.234. The molecule has 0 heterocycles. The Hall–Kier alpha value is -3.35. The van der Waals surface area contributed by atoms with Crippen molar-refractivity contribution in [2.45, 2.75) is 12.8 Å². The normalized spacial score (nSPS) is 11.0. The summed E-state index contributed by atoms with van der Waals surface area (Å²) in [6, 6.07) is 16.6. The van der Waals surface area contributed by atoms with Gasteiger partial charge in [0.05, 0.1) is 6.42 Å². The first kappa shape index (κ1) is 18.0. The lowest BCUT2D eigenvalue weighted by Crippen LogP contribution is -2.35. The second-order valence-electron chi connectivity index (χ2n) is 5.27. The minimum atomic E-state index is -0.457. The third-order valence-electron chi connectivity index (χ3n) is 3.16. The molecule has 2 rings (SSSR count). The van der Waals surface area contributed by atoms with E-state index in [9.17, 15) is 9.59 Å². The van der Waals surface area contributed by atoms with Crippen molar-refractivity contribution >= 4 is 17.8 Å². The monoisotopic (exact) mass is 340 g/mol. The van der Waals surface area contributed by atoms with Crippen LogP contribution in [-0.2, 0) is 16.0 Å². The molecular weight excluding hydrogens is 320 g/mol. The number of carbonyl (C=O) groups is 2. The molecule has 0 aliphatic carbocycles. The Bertz CT molecular complexity index is 760. The number of hydrogen-bond acceptors (Lipinski definition) is 3. The quantitative estimate of drug-likeness (QED) is 0.519. The number of para-hydroxylation sites is 1. The van der Waals surface area contributed by atoms with E-state index in [2.05, 4.69) is 10.3 Å². The van der Waals surface area contributed by atoms with Gasteiger partial charge in [-0.15, -0.1) is 0 Å². The average Bonchev–Trinajstić information content (AvgIpc) is 2.55. The molecule has 2 amide bonds. The second-order valence-corrected chi connectivity index (χ2v) is 5.27. The van der Waals surface area contributed by atoms with E-state index in [0.717, 1.165) is 5.56 Å². The zero-order valence-electron chi connectivity index (χ0n) is 13.6. The van der Waals surface area contributed by atoms with Crippen LogP contribution in [0, 0.1) is 0 Å². The number of carbonyl (C=O) groups excluding carboxylic acids is 2. The molecule has 0 spiro atoms. The van der Waals surface area contributed by atoms with Gasteiger partial charge in [0.1, 0.15) is 11.5 Å². The van der Waals surface area contributed by atoms with Gasteiger partial charge >= 0.3 is 0 Å². The molecular formula is C18H20N4O3. The van der Waals surface area contributed by atoms with Crippen molar-refractivity contribution in [3.05, 3.63) is 60.2 Å². The van der Waals surface area contributed by atoms with Gasteiger partial charge in [-0.1, -0.05) is 30.3 Å². The van der Waals surface area contributed by atoms with E-state index in [0.29, 0.717) is 11.5 Å². The van der Waals surface area contributed by atoms with Crippen LogP contribution < -0.4 is 21.5 Å². The molecule has 0 atom stereocenters. The van der Waals surface area contributed by atoms with Crippen LogP contribution in [-0.4, -0.2) is 24.3 Å². The van der Waals surface area contributed by atoms with Gasteiger partial charge in [0.15, 0.2) is 5.96 Å². The summed E-state index contributed by atoms with van der Waals surface area (Å²) < 4.78 is 5.73. The number of amides is 2. The number of ether oxygens (including phenoxy) is 1. The number of primary amides is 1. The van der Waals surface area contributed by atoms with Gasteiger partial charge < -0.3 is 21.5 Å². The maximum atomic E-state index is 11.9. The number of benzene rings is 2. The van der Waals surface area contributed by atoms with Crippen molar-refractivity contribution in [3.8, 4) is 11.5 Å². The molecule has 0 aliphatic rings. The summed E-state index contributed by atoms with van der Waals surface area (Å²) in [4.78, 5) is 26.3. The highest BCUT2D eigenvalue weighted by Crippen LogP contribution is 2.22. The van der Waals surface area contributed by atoms with Gasteiger partial charge in [0, 0.05) is 13.0 Å². The fourth-order valence-electron chi connectivity index (χ4n) is 2.05. The van der Waals surface area contributed by atoms with E-state index in [1.165, 1.54) is 0 Å². The summed E-state index contributed by atoms with van der Waals surface area (Å²) in [5, 5.41) is 2.66. The van der Waals surface area contributed by atoms with Crippen LogP contribution in [0.2, 0.25) is 0 Å². The van der Waals surface area contributed by atoms with E-state index in [4.69, 9.17) is 16.2 Å². The van der Waals surface area contributed by atoms with E-state index in [1.807, 2.05) is 42.5 Å². The average molecular weight is 340 g/mol. The predicted octanol–water partition coefficient (Wildman–Crippen LogP) is 1.33. The molecule has 0 aliphatic heterocycles. The lowest BCUT2D eigenvalue weighted by atomic mass is 10.1. The molecule has 7 heteroatoms. The number of nitrogens with zero attached hydrogens (tertiary/aromatic N) is 1. The van der Waals surface area contributed by atoms with Gasteiger partial charge in [0.25, 0.3) is 5.91 Å². The summed E-state index contributed by atoms with van der Waals surface area (Å²) >= 11 is 0. The standard InChI is InChI=1S/C18H20N4O3/c19-16(23)9-10-21-18(20)22-17(24)12-13-5-4-8-15(11-13)25-14-6-2-1-3-7-14/h1-8,11H,9-10,12H2,(H2,19,23)(H3,20,21,22,24).